The van der Waals surface area contributed by atoms with E-state index in [1.807, 2.05) is 0 Å². The minimum absolute atomic E-state index is 0.0273. The van der Waals surface area contributed by atoms with Crippen LogP contribution in [0.15, 0.2) is 53.7 Å². The van der Waals surface area contributed by atoms with Crippen LogP contribution in [0.5, 0.6) is 11.5 Å². The van der Waals surface area contributed by atoms with E-state index in [1.165, 1.54) is 60.3 Å². The highest BCUT2D eigenvalue weighted by Gasteiger charge is 2.24. The van der Waals surface area contributed by atoms with Crippen LogP contribution >= 0.6 is 0 Å². The highest BCUT2D eigenvalue weighted by atomic mass is 16.6. The van der Waals surface area contributed by atoms with Gasteiger partial charge in [-0.1, -0.05) is 12.1 Å². The van der Waals surface area contributed by atoms with Gasteiger partial charge in [-0.3, -0.25) is 34.4 Å². The summed E-state index contributed by atoms with van der Waals surface area (Å²) >= 11 is 0. The number of methoxy groups -OCH3 is 2. The number of amides is 1. The lowest BCUT2D eigenvalue weighted by molar-refractivity contribution is -0.385. The summed E-state index contributed by atoms with van der Waals surface area (Å²) in [5.41, 5.74) is -0.301. The molecule has 0 radical (unpaired) electrons. The first-order valence-electron chi connectivity index (χ1n) is 11.1. The Kier molecular flexibility index (Phi) is 7.27. The number of hydrogen-bond donors (Lipinski definition) is 1. The topological polar surface area (TPSA) is 187 Å². The first-order valence-corrected chi connectivity index (χ1v) is 11.1. The predicted octanol–water partition coefficient (Wildman–Crippen LogP) is 1.90. The third-order valence-corrected chi connectivity index (χ3v) is 5.65. The summed E-state index contributed by atoms with van der Waals surface area (Å²) in [4.78, 5) is 51.2. The monoisotopic (exact) mass is 523 g/mol. The van der Waals surface area contributed by atoms with Crippen LogP contribution < -0.4 is 20.3 Å². The molecule has 0 spiro atoms. The van der Waals surface area contributed by atoms with E-state index in [9.17, 15) is 29.8 Å². The average Bonchev–Trinajstić information content (AvgIpc) is 3.33. The van der Waals surface area contributed by atoms with Crippen molar-refractivity contribution in [2.45, 2.75) is 13.1 Å². The number of rotatable bonds is 10. The molecule has 0 unspecified atom stereocenters. The first kappa shape index (κ1) is 25.7. The maximum absolute atomic E-state index is 12.9. The molecule has 196 valence electrons. The molecule has 0 atom stereocenters. The van der Waals surface area contributed by atoms with Crippen LogP contribution in [0, 0.1) is 20.2 Å². The Morgan fingerprint density at radius 1 is 1.08 bits per heavy atom. The molecule has 15 nitrogen and oxygen atoms in total. The SMILES string of the molecule is COc1cc(C(=O)NCCn2ncc3c(=O)n(Cc4cccc([N+](=O)[O-])c4)cnc32)c([N+](=O)[O-])cc1OC. The van der Waals surface area contributed by atoms with Crippen molar-refractivity contribution in [3.63, 3.8) is 0 Å². The third-order valence-electron chi connectivity index (χ3n) is 5.65. The Balaban J connectivity index is 1.49. The largest absolute Gasteiger partial charge is 0.493 e. The molecule has 0 aliphatic rings. The van der Waals surface area contributed by atoms with Gasteiger partial charge >= 0.3 is 0 Å². The standard InChI is InChI=1S/C23H21N7O8/c1-37-19-9-16(18(30(35)36)10-20(19)38-2)22(31)24-6-7-28-21-17(11-26-28)23(32)27(13-25-21)12-14-4-3-5-15(8-14)29(33)34/h3-5,8-11,13H,6-7,12H2,1-2H3,(H,24,31). The van der Waals surface area contributed by atoms with Crippen molar-refractivity contribution in [1.82, 2.24) is 24.6 Å². The molecule has 0 aliphatic carbocycles. The van der Waals surface area contributed by atoms with Gasteiger partial charge in [0.05, 0.1) is 49.4 Å². The smallest absolute Gasteiger partial charge is 0.286 e. The summed E-state index contributed by atoms with van der Waals surface area (Å²) < 4.78 is 12.9. The van der Waals surface area contributed by atoms with Crippen molar-refractivity contribution < 1.29 is 24.1 Å². The second kappa shape index (κ2) is 10.7. The number of nitro benzene ring substituents is 2. The van der Waals surface area contributed by atoms with Crippen LogP contribution in [0.25, 0.3) is 11.0 Å². The molecule has 1 N–H and O–H groups in total. The number of non-ortho nitro benzene ring substituents is 1. The van der Waals surface area contributed by atoms with Crippen molar-refractivity contribution in [3.05, 3.63) is 90.6 Å². The van der Waals surface area contributed by atoms with Crippen LogP contribution in [0.4, 0.5) is 11.4 Å². The van der Waals surface area contributed by atoms with Crippen molar-refractivity contribution in [3.8, 4) is 11.5 Å². The number of nitrogens with zero attached hydrogens (tertiary/aromatic N) is 6. The first-order chi connectivity index (χ1) is 18.2. The van der Waals surface area contributed by atoms with Crippen molar-refractivity contribution >= 4 is 28.3 Å². The Morgan fingerprint density at radius 3 is 2.50 bits per heavy atom. The van der Waals surface area contributed by atoms with E-state index >= 15 is 0 Å². The maximum atomic E-state index is 12.9. The summed E-state index contributed by atoms with van der Waals surface area (Å²) in [5.74, 6) is -0.436. The molecule has 0 saturated carbocycles. The Bertz CT molecular complexity index is 1610. The van der Waals surface area contributed by atoms with E-state index in [0.717, 1.165) is 6.07 Å². The summed E-state index contributed by atoms with van der Waals surface area (Å²) in [7, 11) is 2.67. The highest BCUT2D eigenvalue weighted by molar-refractivity contribution is 5.99. The fourth-order valence-electron chi connectivity index (χ4n) is 3.81. The zero-order valence-corrected chi connectivity index (χ0v) is 20.2. The molecule has 4 aromatic rings. The van der Waals surface area contributed by atoms with Crippen molar-refractivity contribution in [2.75, 3.05) is 20.8 Å². The number of carbonyl (C=O) groups is 1. The maximum Gasteiger partial charge on any atom is 0.286 e. The van der Waals surface area contributed by atoms with E-state index in [0.29, 0.717) is 5.56 Å². The van der Waals surface area contributed by atoms with E-state index in [1.54, 1.807) is 6.07 Å². The zero-order valence-electron chi connectivity index (χ0n) is 20.2. The lowest BCUT2D eigenvalue weighted by atomic mass is 10.1. The van der Waals surface area contributed by atoms with Crippen LogP contribution in [-0.2, 0) is 13.1 Å². The van der Waals surface area contributed by atoms with Gasteiger partial charge in [-0.15, -0.1) is 0 Å². The van der Waals surface area contributed by atoms with Gasteiger partial charge in [0.1, 0.15) is 17.3 Å². The van der Waals surface area contributed by atoms with Gasteiger partial charge in [0.2, 0.25) is 0 Å². The quantitative estimate of drug-likeness (QED) is 0.238. The fraction of sp³-hybridized carbons (Fsp3) is 0.217. The summed E-state index contributed by atoms with van der Waals surface area (Å²) in [6, 6.07) is 8.27. The van der Waals surface area contributed by atoms with Crippen LogP contribution in [0.2, 0.25) is 0 Å². The van der Waals surface area contributed by atoms with Gasteiger partial charge in [0.15, 0.2) is 17.1 Å². The number of benzene rings is 2. The lowest BCUT2D eigenvalue weighted by Gasteiger charge is -2.11. The molecule has 38 heavy (non-hydrogen) atoms. The average molecular weight is 523 g/mol. The molecule has 1 amide bonds. The van der Waals surface area contributed by atoms with Gasteiger partial charge in [0, 0.05) is 24.7 Å². The van der Waals surface area contributed by atoms with Gasteiger partial charge in [-0.05, 0) is 5.56 Å². The molecule has 2 aromatic heterocycles. The number of fused-ring (bicyclic) bond motifs is 1. The Labute approximate surface area is 213 Å². The second-order valence-corrected chi connectivity index (χ2v) is 7.95. The fourth-order valence-corrected chi connectivity index (χ4v) is 3.81. The van der Waals surface area contributed by atoms with Gasteiger partial charge in [0.25, 0.3) is 22.8 Å². The molecule has 2 heterocycles. The molecular formula is C23H21N7O8. The van der Waals surface area contributed by atoms with Crippen LogP contribution in [-0.4, -0.2) is 55.8 Å². The summed E-state index contributed by atoms with van der Waals surface area (Å²) in [5, 5.41) is 29.5. The van der Waals surface area contributed by atoms with E-state index < -0.39 is 27.0 Å². The number of nitro groups is 2. The molecule has 0 saturated heterocycles. The van der Waals surface area contributed by atoms with Crippen molar-refractivity contribution in [1.29, 1.82) is 0 Å². The number of ether oxygens (including phenoxy) is 2. The minimum Gasteiger partial charge on any atom is -0.493 e. The van der Waals surface area contributed by atoms with Gasteiger partial charge in [-0.2, -0.15) is 5.10 Å². The number of hydrogen-bond acceptors (Lipinski definition) is 10. The van der Waals surface area contributed by atoms with E-state index in [4.69, 9.17) is 9.47 Å². The van der Waals surface area contributed by atoms with Gasteiger partial charge in [-0.25, -0.2) is 9.67 Å². The summed E-state index contributed by atoms with van der Waals surface area (Å²) in [6.07, 6.45) is 2.66. The Hall–Kier alpha value is -5.34. The Morgan fingerprint density at radius 2 is 1.82 bits per heavy atom. The third kappa shape index (κ3) is 5.11. The predicted molar refractivity (Wildman–Crippen MR) is 133 cm³/mol. The molecule has 2 aromatic carbocycles. The normalized spacial score (nSPS) is 10.8. The van der Waals surface area contributed by atoms with Gasteiger partial charge < -0.3 is 14.8 Å². The summed E-state index contributed by atoms with van der Waals surface area (Å²) in [6.45, 7) is 0.228. The molecule has 0 fully saturated rings. The lowest BCUT2D eigenvalue weighted by Crippen LogP contribution is -2.28. The van der Waals surface area contributed by atoms with Crippen LogP contribution in [0.3, 0.4) is 0 Å². The van der Waals surface area contributed by atoms with Crippen molar-refractivity contribution in [2.24, 2.45) is 0 Å². The number of nitrogens with one attached hydrogen (secondary N) is 1. The van der Waals surface area contributed by atoms with E-state index in [-0.39, 0.29) is 53.4 Å². The molecule has 4 rings (SSSR count). The zero-order chi connectivity index (χ0) is 27.4. The van der Waals surface area contributed by atoms with E-state index in [2.05, 4.69) is 15.4 Å². The molecule has 0 aliphatic heterocycles. The highest BCUT2D eigenvalue weighted by Crippen LogP contribution is 2.34. The van der Waals surface area contributed by atoms with Crippen LogP contribution in [0.1, 0.15) is 15.9 Å². The minimum atomic E-state index is -0.707. The molecule has 15 heteroatoms. The number of carbonyl (C=O) groups excluding carboxylic acids is 1. The molecule has 0 bridgehead atoms. The number of aromatic nitrogens is 4. The molecular weight excluding hydrogens is 502 g/mol. The second-order valence-electron chi connectivity index (χ2n) is 7.95.